The van der Waals surface area contributed by atoms with Gasteiger partial charge in [-0.1, -0.05) is 24.3 Å². The number of aryl methyl sites for hydroxylation is 2. The van der Waals surface area contributed by atoms with Crippen molar-refractivity contribution >= 4 is 23.2 Å². The topological polar surface area (TPSA) is 107 Å². The molecule has 1 aromatic carbocycles. The maximum Gasteiger partial charge on any atom is 0.229 e. The molecular weight excluding hydrogens is 442 g/mol. The van der Waals surface area contributed by atoms with Gasteiger partial charge in [0, 0.05) is 54.6 Å². The zero-order chi connectivity index (χ0) is 25.0. The van der Waals surface area contributed by atoms with Gasteiger partial charge in [-0.2, -0.15) is 0 Å². The lowest BCUT2D eigenvalue weighted by atomic mass is 9.90. The van der Waals surface area contributed by atoms with Gasteiger partial charge in [-0.05, 0) is 50.3 Å². The van der Waals surface area contributed by atoms with Gasteiger partial charge in [0.25, 0.3) is 0 Å². The highest BCUT2D eigenvalue weighted by Crippen LogP contribution is 2.34. The van der Waals surface area contributed by atoms with Crippen LogP contribution in [0.4, 0.5) is 11.4 Å². The van der Waals surface area contributed by atoms with Gasteiger partial charge in [0.15, 0.2) is 5.72 Å². The smallest absolute Gasteiger partial charge is 0.229 e. The summed E-state index contributed by atoms with van der Waals surface area (Å²) in [5.74, 6) is -0.677. The Kier molecular flexibility index (Phi) is 7.12. The first-order valence-corrected chi connectivity index (χ1v) is 11.8. The number of benzene rings is 1. The molecule has 4 rings (SSSR count). The maximum atomic E-state index is 12.9. The van der Waals surface area contributed by atoms with Crippen LogP contribution in [0, 0.1) is 25.7 Å². The summed E-state index contributed by atoms with van der Waals surface area (Å²) in [6.07, 6.45) is 9.23. The maximum absolute atomic E-state index is 12.9. The van der Waals surface area contributed by atoms with E-state index in [1.165, 1.54) is 4.90 Å². The molecular formula is C27H31N5O3. The Balaban J connectivity index is 1.30. The number of carbonyl (C=O) groups is 2. The molecule has 0 bridgehead atoms. The predicted molar refractivity (Wildman–Crippen MR) is 136 cm³/mol. The van der Waals surface area contributed by atoms with Gasteiger partial charge in [0.1, 0.15) is 5.82 Å². The molecule has 3 unspecified atom stereocenters. The normalized spacial score (nSPS) is 23.4. The molecule has 0 radical (unpaired) electrons. The van der Waals surface area contributed by atoms with Crippen molar-refractivity contribution in [1.29, 1.82) is 0 Å². The summed E-state index contributed by atoms with van der Waals surface area (Å²) in [4.78, 5) is 35.8. The third kappa shape index (κ3) is 5.49. The van der Waals surface area contributed by atoms with Crippen LogP contribution in [0.15, 0.2) is 67.3 Å². The molecule has 3 N–H and O–H groups in total. The van der Waals surface area contributed by atoms with E-state index in [1.54, 1.807) is 30.4 Å². The van der Waals surface area contributed by atoms with Gasteiger partial charge >= 0.3 is 0 Å². The first-order valence-electron chi connectivity index (χ1n) is 11.8. The highest BCUT2D eigenvalue weighted by molar-refractivity contribution is 5.97. The second kappa shape index (κ2) is 10.2. The fourth-order valence-electron chi connectivity index (χ4n) is 4.53. The van der Waals surface area contributed by atoms with Gasteiger partial charge in [-0.3, -0.25) is 9.59 Å². The number of nitrogens with zero attached hydrogens (tertiary/aromatic N) is 3. The van der Waals surface area contributed by atoms with Crippen LogP contribution in [0.5, 0.6) is 0 Å². The quantitative estimate of drug-likeness (QED) is 0.509. The first-order chi connectivity index (χ1) is 16.8. The minimum Gasteiger partial charge on any atom is -0.385 e. The van der Waals surface area contributed by atoms with E-state index in [2.05, 4.69) is 27.2 Å². The lowest BCUT2D eigenvalue weighted by Gasteiger charge is -2.40. The van der Waals surface area contributed by atoms with Crippen LogP contribution in [0.25, 0.3) is 0 Å². The number of anilines is 2. The lowest BCUT2D eigenvalue weighted by molar-refractivity contribution is -0.148. The van der Waals surface area contributed by atoms with E-state index in [0.29, 0.717) is 18.7 Å². The predicted octanol–water partition coefficient (Wildman–Crippen LogP) is 3.15. The van der Waals surface area contributed by atoms with Crippen molar-refractivity contribution in [2.24, 2.45) is 11.8 Å². The lowest BCUT2D eigenvalue weighted by Crippen LogP contribution is -2.53. The summed E-state index contributed by atoms with van der Waals surface area (Å²) in [5, 5.41) is 17.4. The number of hydrogen-bond donors (Lipinski definition) is 3. The van der Waals surface area contributed by atoms with Crippen LogP contribution in [0.1, 0.15) is 23.6 Å². The zero-order valence-electron chi connectivity index (χ0n) is 20.1. The summed E-state index contributed by atoms with van der Waals surface area (Å²) >= 11 is 0. The van der Waals surface area contributed by atoms with E-state index in [1.807, 2.05) is 44.2 Å². The molecule has 2 aliphatic rings. The largest absolute Gasteiger partial charge is 0.385 e. The van der Waals surface area contributed by atoms with E-state index >= 15 is 0 Å². The number of nitrogens with one attached hydrogen (secondary N) is 2. The summed E-state index contributed by atoms with van der Waals surface area (Å²) < 4.78 is 0. The standard InChI is InChI=1S/C27H31N5O3/c1-4-21-7-5-6-13-27(21,35)32-17-20(16-25(32)33)26(34)31-23-10-8-22(9-11-23)28-14-12-24-29-18(2)15-19(3)30-24/h4-11,13,15,20-21,28,35H,1,12,14,16-17H2,2-3H3,(H,31,34). The van der Waals surface area contributed by atoms with Crippen LogP contribution in [-0.2, 0) is 16.0 Å². The molecule has 1 aliphatic carbocycles. The highest BCUT2D eigenvalue weighted by atomic mass is 16.3. The number of aliphatic hydroxyl groups is 1. The molecule has 2 amide bonds. The van der Waals surface area contributed by atoms with Crippen molar-refractivity contribution in [1.82, 2.24) is 14.9 Å². The molecule has 0 spiro atoms. The Morgan fingerprint density at radius 2 is 1.89 bits per heavy atom. The number of allylic oxidation sites excluding steroid dienone is 2. The first kappa shape index (κ1) is 24.3. The van der Waals surface area contributed by atoms with Gasteiger partial charge in [-0.25, -0.2) is 9.97 Å². The number of carbonyl (C=O) groups excluding carboxylic acids is 2. The molecule has 2 aromatic rings. The average molecular weight is 474 g/mol. The molecule has 1 fully saturated rings. The summed E-state index contributed by atoms with van der Waals surface area (Å²) in [5.41, 5.74) is 1.98. The minimum absolute atomic E-state index is 0.0513. The summed E-state index contributed by atoms with van der Waals surface area (Å²) in [6, 6.07) is 9.37. The summed E-state index contributed by atoms with van der Waals surface area (Å²) in [7, 11) is 0. The van der Waals surface area contributed by atoms with Crippen LogP contribution >= 0.6 is 0 Å². The molecule has 3 atom stereocenters. The van der Waals surface area contributed by atoms with Crippen molar-refractivity contribution in [3.8, 4) is 0 Å². The van der Waals surface area contributed by atoms with E-state index in [-0.39, 0.29) is 24.8 Å². The van der Waals surface area contributed by atoms with Gasteiger partial charge in [0.2, 0.25) is 11.8 Å². The van der Waals surface area contributed by atoms with Crippen molar-refractivity contribution in [2.75, 3.05) is 23.7 Å². The Morgan fingerprint density at radius 3 is 2.57 bits per heavy atom. The van der Waals surface area contributed by atoms with Crippen molar-refractivity contribution in [2.45, 2.75) is 32.4 Å². The minimum atomic E-state index is -1.50. The van der Waals surface area contributed by atoms with Crippen LogP contribution in [-0.4, -0.2) is 50.6 Å². The van der Waals surface area contributed by atoms with E-state index in [9.17, 15) is 14.7 Å². The van der Waals surface area contributed by atoms with Crippen LogP contribution in [0.3, 0.4) is 0 Å². The van der Waals surface area contributed by atoms with Gasteiger partial charge < -0.3 is 20.6 Å². The number of hydrogen-bond acceptors (Lipinski definition) is 6. The Morgan fingerprint density at radius 1 is 1.20 bits per heavy atom. The third-order valence-electron chi connectivity index (χ3n) is 6.30. The van der Waals surface area contributed by atoms with Gasteiger partial charge in [0.05, 0.1) is 5.92 Å². The third-order valence-corrected chi connectivity index (χ3v) is 6.30. The van der Waals surface area contributed by atoms with Crippen molar-refractivity contribution < 1.29 is 14.7 Å². The molecule has 0 saturated carbocycles. The number of rotatable bonds is 8. The average Bonchev–Trinajstić information content (AvgIpc) is 3.22. The Labute approximate surface area is 205 Å². The van der Waals surface area contributed by atoms with Crippen molar-refractivity contribution in [3.63, 3.8) is 0 Å². The monoisotopic (exact) mass is 473 g/mol. The molecule has 182 valence electrons. The molecule has 35 heavy (non-hydrogen) atoms. The summed E-state index contributed by atoms with van der Waals surface area (Å²) in [6.45, 7) is 8.51. The Hall–Kier alpha value is -3.78. The van der Waals surface area contributed by atoms with E-state index in [4.69, 9.17) is 0 Å². The molecule has 8 heteroatoms. The van der Waals surface area contributed by atoms with E-state index < -0.39 is 17.6 Å². The molecule has 2 heterocycles. The Bertz CT molecular complexity index is 1150. The van der Waals surface area contributed by atoms with E-state index in [0.717, 1.165) is 22.9 Å². The van der Waals surface area contributed by atoms with Gasteiger partial charge in [-0.15, -0.1) is 6.58 Å². The molecule has 8 nitrogen and oxygen atoms in total. The van der Waals surface area contributed by atoms with Crippen LogP contribution < -0.4 is 10.6 Å². The zero-order valence-corrected chi connectivity index (χ0v) is 20.1. The highest BCUT2D eigenvalue weighted by Gasteiger charge is 2.47. The SMILES string of the molecule is C=CC1C=CC=CC1(O)N1CC(C(=O)Nc2ccc(NCCc3nc(C)cc(C)n3)cc2)CC1=O. The molecule has 1 saturated heterocycles. The van der Waals surface area contributed by atoms with Crippen LogP contribution in [0.2, 0.25) is 0 Å². The fourth-order valence-corrected chi connectivity index (χ4v) is 4.53. The number of likely N-dealkylation sites (tertiary alicyclic amines) is 1. The second-order valence-electron chi connectivity index (χ2n) is 9.00. The fraction of sp³-hybridized carbons (Fsp3) is 0.333. The molecule has 1 aliphatic heterocycles. The molecule has 1 aromatic heterocycles. The number of aromatic nitrogens is 2. The van der Waals surface area contributed by atoms with Crippen molar-refractivity contribution in [3.05, 3.63) is 84.5 Å². The number of amides is 2. The second-order valence-corrected chi connectivity index (χ2v) is 9.00.